The fourth-order valence-corrected chi connectivity index (χ4v) is 1.52. The maximum Gasteiger partial charge on any atom is 0.410 e. The predicted molar refractivity (Wildman–Crippen MR) is 68.3 cm³/mol. The number of likely N-dealkylation sites (N-methyl/N-ethyl adjacent to an activating group) is 1. The zero-order chi connectivity index (χ0) is 11.4. The van der Waals surface area contributed by atoms with Crippen LogP contribution in [-0.2, 0) is 11.3 Å². The van der Waals surface area contributed by atoms with Crippen LogP contribution in [0.25, 0.3) is 0 Å². The number of hydrogen-bond acceptors (Lipinski definition) is 3. The predicted octanol–water partition coefficient (Wildman–Crippen LogP) is 1.65. The molecule has 1 fully saturated rings. The SMILES string of the molecule is CN(C(=O)OCc1ccccc1)C1CNC1.Cl. The number of amides is 1. The Morgan fingerprint density at radius 1 is 1.41 bits per heavy atom. The molecule has 1 N–H and O–H groups in total. The average molecular weight is 257 g/mol. The summed E-state index contributed by atoms with van der Waals surface area (Å²) < 4.78 is 5.21. The fourth-order valence-electron chi connectivity index (χ4n) is 1.52. The van der Waals surface area contributed by atoms with Gasteiger partial charge in [0.15, 0.2) is 0 Å². The Morgan fingerprint density at radius 3 is 2.59 bits per heavy atom. The van der Waals surface area contributed by atoms with Crippen LogP contribution < -0.4 is 5.32 Å². The normalized spacial score (nSPS) is 14.4. The van der Waals surface area contributed by atoms with Gasteiger partial charge in [-0.05, 0) is 5.56 Å². The molecular weight excluding hydrogens is 240 g/mol. The van der Waals surface area contributed by atoms with Gasteiger partial charge in [-0.2, -0.15) is 0 Å². The monoisotopic (exact) mass is 256 g/mol. The minimum atomic E-state index is -0.254. The first-order chi connectivity index (χ1) is 7.77. The van der Waals surface area contributed by atoms with Gasteiger partial charge in [-0.3, -0.25) is 0 Å². The molecule has 17 heavy (non-hydrogen) atoms. The summed E-state index contributed by atoms with van der Waals surface area (Å²) >= 11 is 0. The van der Waals surface area contributed by atoms with Gasteiger partial charge in [-0.15, -0.1) is 12.4 Å². The highest BCUT2D eigenvalue weighted by molar-refractivity contribution is 5.85. The summed E-state index contributed by atoms with van der Waals surface area (Å²) in [4.78, 5) is 13.3. The minimum Gasteiger partial charge on any atom is -0.445 e. The summed E-state index contributed by atoms with van der Waals surface area (Å²) in [5.41, 5.74) is 1.01. The molecule has 0 aliphatic carbocycles. The van der Waals surface area contributed by atoms with E-state index in [1.54, 1.807) is 11.9 Å². The van der Waals surface area contributed by atoms with Crippen molar-refractivity contribution < 1.29 is 9.53 Å². The van der Waals surface area contributed by atoms with Crippen LogP contribution in [0.1, 0.15) is 5.56 Å². The lowest BCUT2D eigenvalue weighted by Crippen LogP contribution is -2.57. The van der Waals surface area contributed by atoms with Crippen molar-refractivity contribution in [1.82, 2.24) is 10.2 Å². The van der Waals surface area contributed by atoms with Crippen LogP contribution in [0.2, 0.25) is 0 Å². The Morgan fingerprint density at radius 2 is 2.06 bits per heavy atom. The van der Waals surface area contributed by atoms with Gasteiger partial charge >= 0.3 is 6.09 Å². The standard InChI is InChI=1S/C12H16N2O2.ClH/c1-14(11-7-13-8-11)12(15)16-9-10-5-3-2-4-6-10;/h2-6,11,13H,7-9H2,1H3;1H. The molecule has 0 aromatic heterocycles. The quantitative estimate of drug-likeness (QED) is 0.894. The van der Waals surface area contributed by atoms with E-state index in [0.717, 1.165) is 18.7 Å². The lowest BCUT2D eigenvalue weighted by molar-refractivity contribution is 0.0806. The van der Waals surface area contributed by atoms with Crippen LogP contribution in [0.5, 0.6) is 0 Å². The highest BCUT2D eigenvalue weighted by atomic mass is 35.5. The number of hydrogen-bond donors (Lipinski definition) is 1. The molecule has 1 aliphatic rings. The largest absolute Gasteiger partial charge is 0.445 e. The topological polar surface area (TPSA) is 41.6 Å². The zero-order valence-corrected chi connectivity index (χ0v) is 10.6. The molecule has 0 spiro atoms. The third kappa shape index (κ3) is 3.61. The minimum absolute atomic E-state index is 0. The second-order valence-electron chi connectivity index (χ2n) is 3.96. The van der Waals surface area contributed by atoms with Crippen molar-refractivity contribution in [3.05, 3.63) is 35.9 Å². The van der Waals surface area contributed by atoms with Crippen molar-refractivity contribution in [3.63, 3.8) is 0 Å². The van der Waals surface area contributed by atoms with Gasteiger partial charge < -0.3 is 15.0 Å². The molecule has 2 rings (SSSR count). The third-order valence-corrected chi connectivity index (χ3v) is 2.80. The van der Waals surface area contributed by atoms with Crippen LogP contribution >= 0.6 is 12.4 Å². The molecule has 1 aromatic rings. The maximum atomic E-state index is 11.6. The Hall–Kier alpha value is -1.26. The summed E-state index contributed by atoms with van der Waals surface area (Å²) in [6.07, 6.45) is -0.254. The van der Waals surface area contributed by atoms with Crippen molar-refractivity contribution in [2.24, 2.45) is 0 Å². The highest BCUT2D eigenvalue weighted by Gasteiger charge is 2.26. The van der Waals surface area contributed by atoms with Crippen molar-refractivity contribution in [1.29, 1.82) is 0 Å². The zero-order valence-electron chi connectivity index (χ0n) is 9.76. The first-order valence-electron chi connectivity index (χ1n) is 5.41. The number of benzene rings is 1. The van der Waals surface area contributed by atoms with Crippen LogP contribution in [0.15, 0.2) is 30.3 Å². The third-order valence-electron chi connectivity index (χ3n) is 2.80. The first kappa shape index (κ1) is 13.8. The van der Waals surface area contributed by atoms with Crippen LogP contribution in [-0.4, -0.2) is 37.2 Å². The van der Waals surface area contributed by atoms with Gasteiger partial charge in [0.2, 0.25) is 0 Å². The molecule has 0 unspecified atom stereocenters. The van der Waals surface area contributed by atoms with Crippen molar-refractivity contribution in [2.45, 2.75) is 12.6 Å². The van der Waals surface area contributed by atoms with E-state index in [1.165, 1.54) is 0 Å². The maximum absolute atomic E-state index is 11.6. The number of nitrogens with zero attached hydrogens (tertiary/aromatic N) is 1. The second-order valence-corrected chi connectivity index (χ2v) is 3.96. The molecule has 1 aliphatic heterocycles. The molecule has 1 saturated heterocycles. The molecule has 4 nitrogen and oxygen atoms in total. The van der Waals surface area contributed by atoms with Crippen molar-refractivity contribution >= 4 is 18.5 Å². The van der Waals surface area contributed by atoms with Gasteiger partial charge in [0.25, 0.3) is 0 Å². The van der Waals surface area contributed by atoms with Crippen LogP contribution in [0.3, 0.4) is 0 Å². The van der Waals surface area contributed by atoms with E-state index in [4.69, 9.17) is 4.74 Å². The van der Waals surface area contributed by atoms with E-state index in [2.05, 4.69) is 5.32 Å². The van der Waals surface area contributed by atoms with Gasteiger partial charge in [0, 0.05) is 20.1 Å². The van der Waals surface area contributed by atoms with Gasteiger partial charge in [-0.25, -0.2) is 4.79 Å². The number of rotatable bonds is 3. The summed E-state index contributed by atoms with van der Waals surface area (Å²) in [5.74, 6) is 0. The number of ether oxygens (including phenoxy) is 1. The Bertz CT molecular complexity index is 355. The molecule has 0 bridgehead atoms. The Labute approximate surface area is 107 Å². The lowest BCUT2D eigenvalue weighted by atomic mass is 10.1. The summed E-state index contributed by atoms with van der Waals surface area (Å²) in [7, 11) is 1.78. The van der Waals surface area contributed by atoms with E-state index in [1.807, 2.05) is 30.3 Å². The Balaban J connectivity index is 0.00000144. The summed E-state index contributed by atoms with van der Waals surface area (Å²) in [6.45, 7) is 2.05. The van der Waals surface area contributed by atoms with E-state index in [9.17, 15) is 4.79 Å². The van der Waals surface area contributed by atoms with Gasteiger partial charge in [-0.1, -0.05) is 30.3 Å². The van der Waals surface area contributed by atoms with E-state index >= 15 is 0 Å². The van der Waals surface area contributed by atoms with Gasteiger partial charge in [0.05, 0.1) is 6.04 Å². The van der Waals surface area contributed by atoms with Crippen LogP contribution in [0, 0.1) is 0 Å². The molecule has 0 radical (unpaired) electrons. The molecule has 1 heterocycles. The van der Waals surface area contributed by atoms with Crippen molar-refractivity contribution in [2.75, 3.05) is 20.1 Å². The molecule has 1 aromatic carbocycles. The van der Waals surface area contributed by atoms with Crippen LogP contribution in [0.4, 0.5) is 4.79 Å². The number of carbonyl (C=O) groups is 1. The first-order valence-corrected chi connectivity index (χ1v) is 5.41. The average Bonchev–Trinajstić information content (AvgIpc) is 2.25. The lowest BCUT2D eigenvalue weighted by Gasteiger charge is -2.34. The molecule has 0 atom stereocenters. The molecule has 94 valence electrons. The molecule has 0 saturated carbocycles. The smallest absolute Gasteiger partial charge is 0.410 e. The summed E-state index contributed by atoms with van der Waals surface area (Å²) in [5, 5.41) is 3.12. The number of carbonyl (C=O) groups excluding carboxylic acids is 1. The fraction of sp³-hybridized carbons (Fsp3) is 0.417. The van der Waals surface area contributed by atoms with E-state index < -0.39 is 0 Å². The number of halogens is 1. The number of nitrogens with one attached hydrogen (secondary N) is 1. The molecule has 5 heteroatoms. The highest BCUT2D eigenvalue weighted by Crippen LogP contribution is 2.06. The molecule has 1 amide bonds. The Kier molecular flexibility index (Phi) is 5.25. The van der Waals surface area contributed by atoms with E-state index in [0.29, 0.717) is 6.61 Å². The summed E-state index contributed by atoms with van der Waals surface area (Å²) in [6, 6.07) is 9.97. The van der Waals surface area contributed by atoms with E-state index in [-0.39, 0.29) is 24.5 Å². The van der Waals surface area contributed by atoms with Crippen molar-refractivity contribution in [3.8, 4) is 0 Å². The van der Waals surface area contributed by atoms with Gasteiger partial charge in [0.1, 0.15) is 6.61 Å². The molecular formula is C12H17ClN2O2. The second kappa shape index (κ2) is 6.47.